The molecule has 0 amide bonds. The lowest BCUT2D eigenvalue weighted by atomic mass is 9.82. The highest BCUT2D eigenvalue weighted by molar-refractivity contribution is 5.88. The minimum absolute atomic E-state index is 0.285. The van der Waals surface area contributed by atoms with Gasteiger partial charge in [0.1, 0.15) is 23.3 Å². The number of hydrogen-bond donors (Lipinski definition) is 2. The average Bonchev–Trinajstić information content (AvgIpc) is 1.70. The van der Waals surface area contributed by atoms with Gasteiger partial charge in [-0.1, -0.05) is 34.6 Å². The zero-order valence-electron chi connectivity index (χ0n) is 56.6. The van der Waals surface area contributed by atoms with E-state index >= 15 is 13.2 Å². The van der Waals surface area contributed by atoms with Crippen molar-refractivity contribution < 1.29 is 13.2 Å². The van der Waals surface area contributed by atoms with Crippen LogP contribution in [0.15, 0.2) is 85.2 Å². The fourth-order valence-electron chi connectivity index (χ4n) is 14.7. The number of pyridine rings is 1. The summed E-state index contributed by atoms with van der Waals surface area (Å²) in [6, 6.07) is 23.8. The predicted molar refractivity (Wildman–Crippen MR) is 369 cm³/mol. The van der Waals surface area contributed by atoms with Crippen molar-refractivity contribution in [3.63, 3.8) is 0 Å². The van der Waals surface area contributed by atoms with Crippen molar-refractivity contribution in [1.29, 1.82) is 0 Å². The highest BCUT2D eigenvalue weighted by Crippen LogP contribution is 2.39. The van der Waals surface area contributed by atoms with Crippen LogP contribution in [0.5, 0.6) is 0 Å². The lowest BCUT2D eigenvalue weighted by Crippen LogP contribution is -2.45. The van der Waals surface area contributed by atoms with Gasteiger partial charge in [0, 0.05) is 74.8 Å². The molecule has 2 N–H and O–H groups in total. The zero-order chi connectivity index (χ0) is 66.5. The third-order valence-electron chi connectivity index (χ3n) is 20.2. The van der Waals surface area contributed by atoms with Crippen molar-refractivity contribution in [3.05, 3.63) is 154 Å². The molecule has 21 heteroatoms. The van der Waals surface area contributed by atoms with E-state index in [1.165, 1.54) is 0 Å². The number of nitrogens with one attached hydrogen (secondary N) is 2. The Morgan fingerprint density at radius 1 is 0.463 bits per heavy atom. The number of benzene rings is 3. The van der Waals surface area contributed by atoms with E-state index in [4.69, 9.17) is 0 Å². The molecule has 0 saturated carbocycles. The smallest absolute Gasteiger partial charge is 0.178 e. The standard InChI is InChI=1S/C26H31FN6.C25H29FN6.C23H25FN6/c1-6-19-9-17(10-20(7-2)32(19)5)23-13-21-22(27)11-18(12-25(21)30-29-23)24-8-15(3)26-28-16(4)14-33(26)31-24;1-5-18-8-16(9-19(6-2)28-18)22-12-20-21(26)10-17(11-24(20)30-29-22)23-7-14(3)25-27-15(4)13-32(25)31-23;1-4-30-7-5-15(6-8-30)20-12-17-18(24)10-16(11-21(17)29-28-20)19-9-13(2)22-23(27-19)26-14(3)25-22/h8,11-14,17,19-20H,6-7,9-10H2,1-5H3;7,10-13,16,18-19,28H,5-6,8-9H2,1-4H3;9-12,15H,4-8H2,1-3H3,(H,25,26,27)/t19-,20-;18-,19-;/m11./s1. The van der Waals surface area contributed by atoms with Gasteiger partial charge in [0.2, 0.25) is 0 Å². The van der Waals surface area contributed by atoms with E-state index in [0.29, 0.717) is 114 Å². The number of imidazole rings is 3. The number of H-pyrrole nitrogens is 1. The summed E-state index contributed by atoms with van der Waals surface area (Å²) in [5.74, 6) is 0.906. The first-order valence-electron chi connectivity index (χ1n) is 34.0. The summed E-state index contributed by atoms with van der Waals surface area (Å²) in [4.78, 5) is 26.2. The van der Waals surface area contributed by atoms with Crippen LogP contribution in [0.25, 0.3) is 88.9 Å². The first kappa shape index (κ1) is 64.9. The van der Waals surface area contributed by atoms with Crippen molar-refractivity contribution in [2.24, 2.45) is 0 Å². The third-order valence-corrected chi connectivity index (χ3v) is 20.2. The van der Waals surface area contributed by atoms with Gasteiger partial charge in [-0.05, 0) is 222 Å². The number of likely N-dealkylation sites (tertiary alicyclic amines) is 2. The van der Waals surface area contributed by atoms with E-state index < -0.39 is 0 Å². The summed E-state index contributed by atoms with van der Waals surface area (Å²) in [6.07, 6.45) is 14.3. The van der Waals surface area contributed by atoms with Gasteiger partial charge in [-0.15, -0.1) is 0 Å². The lowest BCUT2D eigenvalue weighted by molar-refractivity contribution is 0.0937. The molecule has 12 aromatic rings. The number of rotatable bonds is 11. The van der Waals surface area contributed by atoms with Crippen LogP contribution in [-0.4, -0.2) is 135 Å². The number of halogens is 3. The number of aromatic amines is 1. The molecule has 0 radical (unpaired) electrons. The number of nitrogens with zero attached hydrogens (tertiary/aromatic N) is 16. The molecule has 3 saturated heterocycles. The van der Waals surface area contributed by atoms with Gasteiger partial charge >= 0.3 is 0 Å². The second kappa shape index (κ2) is 27.1. The lowest BCUT2D eigenvalue weighted by Gasteiger charge is -2.42. The Balaban J connectivity index is 0.000000129. The minimum Gasteiger partial charge on any atom is -0.341 e. The van der Waals surface area contributed by atoms with Crippen LogP contribution >= 0.6 is 0 Å². The first-order chi connectivity index (χ1) is 45.8. The monoisotopic (exact) mass is 1280 g/mol. The van der Waals surface area contributed by atoms with Gasteiger partial charge in [0.05, 0.1) is 80.0 Å². The molecule has 492 valence electrons. The Kier molecular flexibility index (Phi) is 18.5. The van der Waals surface area contributed by atoms with Gasteiger partial charge in [-0.3, -0.25) is 0 Å². The molecule has 3 aliphatic heterocycles. The van der Waals surface area contributed by atoms with Crippen molar-refractivity contribution in [2.75, 3.05) is 26.7 Å². The molecular formula is C74H85F3N18. The van der Waals surface area contributed by atoms with Crippen molar-refractivity contribution in [3.8, 4) is 33.8 Å². The van der Waals surface area contributed by atoms with Gasteiger partial charge in [0.25, 0.3) is 0 Å². The predicted octanol–water partition coefficient (Wildman–Crippen LogP) is 15.1. The second-order valence-electron chi connectivity index (χ2n) is 26.8. The molecule has 0 unspecified atom stereocenters. The summed E-state index contributed by atoms with van der Waals surface area (Å²) in [5, 5.41) is 41.4. The van der Waals surface area contributed by atoms with E-state index in [1.54, 1.807) is 27.2 Å². The Hall–Kier alpha value is -8.79. The maximum absolute atomic E-state index is 15.3. The van der Waals surface area contributed by atoms with E-state index in [-0.39, 0.29) is 17.5 Å². The van der Waals surface area contributed by atoms with Gasteiger partial charge in [-0.25, -0.2) is 42.1 Å². The fraction of sp³-hybridized carbons (Fsp3) is 0.432. The van der Waals surface area contributed by atoms with Crippen LogP contribution in [0.2, 0.25) is 0 Å². The molecule has 9 aromatic heterocycles. The Morgan fingerprint density at radius 3 is 1.34 bits per heavy atom. The molecule has 3 aliphatic rings. The summed E-state index contributed by atoms with van der Waals surface area (Å²) in [5.41, 5.74) is 16.5. The number of hydrogen-bond acceptors (Lipinski definition) is 15. The van der Waals surface area contributed by atoms with Crippen LogP contribution in [-0.2, 0) is 0 Å². The Morgan fingerprint density at radius 2 is 0.895 bits per heavy atom. The topological polar surface area (TPSA) is 198 Å². The summed E-state index contributed by atoms with van der Waals surface area (Å²) < 4.78 is 49.2. The average molecular weight is 1280 g/mol. The quantitative estimate of drug-likeness (QED) is 0.124. The Labute approximate surface area is 552 Å². The first-order valence-corrected chi connectivity index (χ1v) is 34.0. The molecule has 0 spiro atoms. The van der Waals surface area contributed by atoms with Crippen LogP contribution < -0.4 is 5.32 Å². The maximum atomic E-state index is 15.3. The highest BCUT2D eigenvalue weighted by Gasteiger charge is 2.34. The molecule has 0 bridgehead atoms. The molecule has 12 heterocycles. The molecule has 0 aliphatic carbocycles. The van der Waals surface area contributed by atoms with Crippen LogP contribution in [0.1, 0.15) is 168 Å². The van der Waals surface area contributed by atoms with Gasteiger partial charge < -0.3 is 20.1 Å². The molecule has 15 rings (SSSR count). The summed E-state index contributed by atoms with van der Waals surface area (Å²) in [6.45, 7) is 26.0. The summed E-state index contributed by atoms with van der Waals surface area (Å²) >= 11 is 0. The minimum atomic E-state index is -0.289. The van der Waals surface area contributed by atoms with Gasteiger partial charge in [0.15, 0.2) is 16.9 Å². The number of fused-ring (bicyclic) bond motifs is 6. The third kappa shape index (κ3) is 13.4. The van der Waals surface area contributed by atoms with E-state index in [9.17, 15) is 0 Å². The highest BCUT2D eigenvalue weighted by atomic mass is 19.1. The Bertz CT molecular complexity index is 4790. The zero-order valence-corrected chi connectivity index (χ0v) is 56.6. The van der Waals surface area contributed by atoms with Crippen LogP contribution in [0.3, 0.4) is 0 Å². The van der Waals surface area contributed by atoms with Gasteiger partial charge in [-0.2, -0.15) is 40.8 Å². The fourth-order valence-corrected chi connectivity index (χ4v) is 14.7. The van der Waals surface area contributed by atoms with E-state index in [0.717, 1.165) is 152 Å². The molecule has 3 aromatic carbocycles. The number of aryl methyl sites for hydroxylation is 6. The van der Waals surface area contributed by atoms with E-state index in [2.05, 4.69) is 122 Å². The summed E-state index contributed by atoms with van der Waals surface area (Å²) in [7, 11) is 2.23. The normalized spacial score (nSPS) is 19.9. The largest absolute Gasteiger partial charge is 0.341 e. The molecule has 18 nitrogen and oxygen atoms in total. The van der Waals surface area contributed by atoms with E-state index in [1.807, 2.05) is 109 Å². The van der Waals surface area contributed by atoms with Crippen LogP contribution in [0, 0.1) is 59.0 Å². The molecule has 3 fully saturated rings. The number of piperidine rings is 3. The van der Waals surface area contributed by atoms with Crippen molar-refractivity contribution >= 4 is 55.2 Å². The van der Waals surface area contributed by atoms with Crippen molar-refractivity contribution in [1.82, 2.24) is 89.9 Å². The SMILES string of the molecule is CCN1CCC(c2cc3c(F)cc(-c4cc(C)c5[nH]c(C)nc5n4)cc3nn2)CC1.CC[C@@H]1CC(c2cc3c(F)cc(-c4cc(C)c5nc(C)cn5n4)cc3nn2)C[C@@H](CC)N1.CC[C@@H]1CC(c2cc3c(F)cc(-c4cc(C)c5nc(C)cn5n4)cc3nn2)C[C@@H](CC)N1C. The maximum Gasteiger partial charge on any atom is 0.178 e. The molecule has 4 atom stereocenters. The second-order valence-corrected chi connectivity index (χ2v) is 26.8. The molecular weight excluding hydrogens is 1200 g/mol. The van der Waals surface area contributed by atoms with Crippen molar-refractivity contribution in [2.45, 2.75) is 182 Å². The number of aromatic nitrogens is 15. The molecule has 95 heavy (non-hydrogen) atoms. The van der Waals surface area contributed by atoms with Crippen LogP contribution in [0.4, 0.5) is 13.2 Å².